The third-order valence-electron chi connectivity index (χ3n) is 3.76. The zero-order chi connectivity index (χ0) is 14.4. The fourth-order valence-electron chi connectivity index (χ4n) is 2.71. The average molecular weight is 293 g/mol. The van der Waals surface area contributed by atoms with E-state index in [0.717, 1.165) is 25.4 Å². The number of nitrogens with zero attached hydrogens (tertiary/aromatic N) is 1. The Morgan fingerprint density at radius 2 is 2.05 bits per heavy atom. The molecule has 2 rings (SSSR count). The van der Waals surface area contributed by atoms with E-state index in [-0.39, 0.29) is 0 Å². The number of para-hydroxylation sites is 1. The molecule has 1 aromatic rings. The summed E-state index contributed by atoms with van der Waals surface area (Å²) in [5.41, 5.74) is 1.23. The molecule has 5 heteroatoms. The maximum absolute atomic E-state index is 5.52. The third-order valence-corrected chi connectivity index (χ3v) is 4.11. The van der Waals surface area contributed by atoms with E-state index < -0.39 is 0 Å². The minimum Gasteiger partial charge on any atom is -0.496 e. The van der Waals surface area contributed by atoms with Crippen LogP contribution in [-0.2, 0) is 0 Å². The Morgan fingerprint density at radius 1 is 1.35 bits per heavy atom. The van der Waals surface area contributed by atoms with Gasteiger partial charge in [-0.05, 0) is 44.2 Å². The number of nitrogens with one attached hydrogen (secondary N) is 2. The number of rotatable bonds is 5. The second-order valence-corrected chi connectivity index (χ2v) is 5.37. The van der Waals surface area contributed by atoms with Crippen molar-refractivity contribution in [2.24, 2.45) is 0 Å². The number of methoxy groups -OCH3 is 1. The second-order valence-electron chi connectivity index (χ2n) is 4.96. The standard InChI is InChI=1S/C15H23N3OS/c1-16-15(20)17-11-13(18-9-5-6-10-18)12-7-3-4-8-14(12)19-2/h3-4,7-8,13H,5-6,9-11H2,1-2H3,(H2,16,17,20)/t13-/m0/s1. The molecular formula is C15H23N3OS. The predicted octanol–water partition coefficient (Wildman–Crippen LogP) is 1.93. The summed E-state index contributed by atoms with van der Waals surface area (Å²) in [5.74, 6) is 0.946. The van der Waals surface area contributed by atoms with Crippen LogP contribution in [0.1, 0.15) is 24.4 Å². The summed E-state index contributed by atoms with van der Waals surface area (Å²) < 4.78 is 5.52. The van der Waals surface area contributed by atoms with Crippen molar-refractivity contribution in [3.63, 3.8) is 0 Å². The Labute approximate surface area is 126 Å². The molecule has 1 heterocycles. The van der Waals surface area contributed by atoms with E-state index in [1.54, 1.807) is 7.11 Å². The molecule has 1 aromatic carbocycles. The van der Waals surface area contributed by atoms with Gasteiger partial charge in [-0.2, -0.15) is 0 Å². The highest BCUT2D eigenvalue weighted by Gasteiger charge is 2.25. The van der Waals surface area contributed by atoms with E-state index in [1.807, 2.05) is 19.2 Å². The van der Waals surface area contributed by atoms with Gasteiger partial charge in [0.1, 0.15) is 5.75 Å². The number of likely N-dealkylation sites (tertiary alicyclic amines) is 1. The predicted molar refractivity (Wildman–Crippen MR) is 86.2 cm³/mol. The smallest absolute Gasteiger partial charge is 0.166 e. The van der Waals surface area contributed by atoms with E-state index in [1.165, 1.54) is 18.4 Å². The van der Waals surface area contributed by atoms with Gasteiger partial charge in [0.05, 0.1) is 13.2 Å². The van der Waals surface area contributed by atoms with Crippen molar-refractivity contribution in [1.82, 2.24) is 15.5 Å². The topological polar surface area (TPSA) is 36.5 Å². The van der Waals surface area contributed by atoms with Crippen LogP contribution in [0.3, 0.4) is 0 Å². The fourth-order valence-corrected chi connectivity index (χ4v) is 2.79. The summed E-state index contributed by atoms with van der Waals surface area (Å²) in [6.07, 6.45) is 2.53. The van der Waals surface area contributed by atoms with E-state index >= 15 is 0 Å². The molecule has 1 aliphatic rings. The summed E-state index contributed by atoms with van der Waals surface area (Å²) in [5, 5.41) is 6.93. The van der Waals surface area contributed by atoms with Crippen LogP contribution in [0.5, 0.6) is 5.75 Å². The van der Waals surface area contributed by atoms with Crippen molar-refractivity contribution in [1.29, 1.82) is 0 Å². The summed E-state index contributed by atoms with van der Waals surface area (Å²) in [7, 11) is 3.56. The quantitative estimate of drug-likeness (QED) is 0.811. The van der Waals surface area contributed by atoms with Crippen LogP contribution in [0.25, 0.3) is 0 Å². The van der Waals surface area contributed by atoms with Crippen LogP contribution in [0.4, 0.5) is 0 Å². The molecule has 1 saturated heterocycles. The molecule has 4 nitrogen and oxygen atoms in total. The second kappa shape index (κ2) is 7.45. The molecule has 1 atom stereocenters. The van der Waals surface area contributed by atoms with Gasteiger partial charge in [0, 0.05) is 19.2 Å². The molecular weight excluding hydrogens is 270 g/mol. The highest BCUT2D eigenvalue weighted by molar-refractivity contribution is 7.80. The molecule has 0 saturated carbocycles. The molecule has 2 N–H and O–H groups in total. The number of thiocarbonyl (C=S) groups is 1. The minimum atomic E-state index is 0.292. The van der Waals surface area contributed by atoms with Gasteiger partial charge in [0.2, 0.25) is 0 Å². The number of ether oxygens (including phenoxy) is 1. The Morgan fingerprint density at radius 3 is 2.70 bits per heavy atom. The lowest BCUT2D eigenvalue weighted by Gasteiger charge is -2.29. The van der Waals surface area contributed by atoms with Gasteiger partial charge in [0.15, 0.2) is 5.11 Å². The third kappa shape index (κ3) is 3.61. The monoisotopic (exact) mass is 293 g/mol. The number of hydrogen-bond donors (Lipinski definition) is 2. The minimum absolute atomic E-state index is 0.292. The van der Waals surface area contributed by atoms with Crippen molar-refractivity contribution in [3.8, 4) is 5.75 Å². The molecule has 0 aromatic heterocycles. The van der Waals surface area contributed by atoms with Crippen LogP contribution in [0, 0.1) is 0 Å². The van der Waals surface area contributed by atoms with E-state index in [9.17, 15) is 0 Å². The van der Waals surface area contributed by atoms with Gasteiger partial charge in [0.25, 0.3) is 0 Å². The van der Waals surface area contributed by atoms with Crippen molar-refractivity contribution < 1.29 is 4.74 Å². The first-order valence-electron chi connectivity index (χ1n) is 7.08. The Kier molecular flexibility index (Phi) is 5.61. The molecule has 0 unspecified atom stereocenters. The Bertz CT molecular complexity index is 446. The van der Waals surface area contributed by atoms with Gasteiger partial charge < -0.3 is 15.4 Å². The average Bonchev–Trinajstić information content (AvgIpc) is 3.01. The summed E-state index contributed by atoms with van der Waals surface area (Å²) in [6.45, 7) is 3.06. The SMILES string of the molecule is CNC(=S)NC[C@@H](c1ccccc1OC)N1CCCC1. The highest BCUT2D eigenvalue weighted by atomic mass is 32.1. The zero-order valence-corrected chi connectivity index (χ0v) is 13.0. The number of benzene rings is 1. The van der Waals surface area contributed by atoms with Gasteiger partial charge >= 0.3 is 0 Å². The van der Waals surface area contributed by atoms with Crippen LogP contribution in [-0.4, -0.2) is 43.8 Å². The molecule has 0 aliphatic carbocycles. The van der Waals surface area contributed by atoms with Crippen molar-refractivity contribution in [3.05, 3.63) is 29.8 Å². The van der Waals surface area contributed by atoms with Gasteiger partial charge in [-0.1, -0.05) is 18.2 Å². The number of hydrogen-bond acceptors (Lipinski definition) is 3. The van der Waals surface area contributed by atoms with Crippen molar-refractivity contribution in [2.75, 3.05) is 33.8 Å². The zero-order valence-electron chi connectivity index (χ0n) is 12.2. The maximum atomic E-state index is 5.52. The molecule has 1 aliphatic heterocycles. The van der Waals surface area contributed by atoms with Crippen LogP contribution < -0.4 is 15.4 Å². The summed E-state index contributed by atoms with van der Waals surface area (Å²) >= 11 is 5.19. The molecule has 110 valence electrons. The maximum Gasteiger partial charge on any atom is 0.166 e. The lowest BCUT2D eigenvalue weighted by molar-refractivity contribution is 0.240. The van der Waals surface area contributed by atoms with E-state index in [2.05, 4.69) is 27.7 Å². The van der Waals surface area contributed by atoms with Crippen LogP contribution in [0.15, 0.2) is 24.3 Å². The highest BCUT2D eigenvalue weighted by Crippen LogP contribution is 2.31. The molecule has 20 heavy (non-hydrogen) atoms. The Balaban J connectivity index is 2.18. The molecule has 1 fully saturated rings. The molecule has 0 spiro atoms. The molecule has 0 bridgehead atoms. The normalized spacial score (nSPS) is 16.7. The fraction of sp³-hybridized carbons (Fsp3) is 0.533. The molecule has 0 amide bonds. The van der Waals surface area contributed by atoms with Crippen molar-refractivity contribution >= 4 is 17.3 Å². The largest absolute Gasteiger partial charge is 0.496 e. The van der Waals surface area contributed by atoms with E-state index in [0.29, 0.717) is 11.2 Å². The lowest BCUT2D eigenvalue weighted by atomic mass is 10.0. The Hall–Kier alpha value is -1.33. The van der Waals surface area contributed by atoms with Gasteiger partial charge in [-0.25, -0.2) is 0 Å². The molecule has 0 radical (unpaired) electrons. The first-order valence-corrected chi connectivity index (χ1v) is 7.49. The van der Waals surface area contributed by atoms with Crippen LogP contribution in [0.2, 0.25) is 0 Å². The van der Waals surface area contributed by atoms with Gasteiger partial charge in [-0.15, -0.1) is 0 Å². The first kappa shape index (κ1) is 15.1. The van der Waals surface area contributed by atoms with E-state index in [4.69, 9.17) is 17.0 Å². The van der Waals surface area contributed by atoms with Crippen molar-refractivity contribution in [2.45, 2.75) is 18.9 Å². The van der Waals surface area contributed by atoms with Crippen LogP contribution >= 0.6 is 12.2 Å². The lowest BCUT2D eigenvalue weighted by Crippen LogP contribution is -2.40. The first-order chi connectivity index (χ1) is 9.76. The summed E-state index contributed by atoms with van der Waals surface area (Å²) in [4.78, 5) is 2.50. The summed E-state index contributed by atoms with van der Waals surface area (Å²) in [6, 6.07) is 8.53. The van der Waals surface area contributed by atoms with Gasteiger partial charge in [-0.3, -0.25) is 4.90 Å².